The summed E-state index contributed by atoms with van der Waals surface area (Å²) >= 11 is 1.04. The van der Waals surface area contributed by atoms with Gasteiger partial charge in [0, 0.05) is 6.04 Å². The van der Waals surface area contributed by atoms with Crippen LogP contribution in [0.15, 0.2) is 30.3 Å². The Morgan fingerprint density at radius 2 is 1.96 bits per heavy atom. The van der Waals surface area contributed by atoms with Crippen LogP contribution in [-0.2, 0) is 9.59 Å². The van der Waals surface area contributed by atoms with Crippen molar-refractivity contribution in [2.45, 2.75) is 37.8 Å². The average molecular weight is 348 g/mol. The number of thioether (sulfide) groups is 1. The van der Waals surface area contributed by atoms with Gasteiger partial charge < -0.3 is 10.1 Å². The first-order chi connectivity index (χ1) is 11.6. The highest BCUT2D eigenvalue weighted by Gasteiger charge is 2.41. The molecule has 3 amide bonds. The molecule has 2 aliphatic rings. The quantitative estimate of drug-likeness (QED) is 0.883. The molecule has 3 rings (SSSR count). The summed E-state index contributed by atoms with van der Waals surface area (Å²) in [7, 11) is 0. The Labute approximate surface area is 144 Å². The lowest BCUT2D eigenvalue weighted by atomic mass is 9.89. The van der Waals surface area contributed by atoms with Crippen molar-refractivity contribution in [2.24, 2.45) is 0 Å². The number of hydrogen-bond acceptors (Lipinski definition) is 5. The molecule has 0 unspecified atom stereocenters. The van der Waals surface area contributed by atoms with Crippen LogP contribution in [0.1, 0.15) is 25.7 Å². The Hall–Kier alpha value is -2.02. The third kappa shape index (κ3) is 3.90. The van der Waals surface area contributed by atoms with Crippen LogP contribution in [0.25, 0.3) is 0 Å². The van der Waals surface area contributed by atoms with E-state index in [0.717, 1.165) is 37.4 Å². The fraction of sp³-hybridized carbons (Fsp3) is 0.471. The number of amides is 3. The molecule has 2 fully saturated rings. The number of hydrogen-bond donors (Lipinski definition) is 1. The second-order valence-corrected chi connectivity index (χ2v) is 6.87. The van der Waals surface area contributed by atoms with Crippen LogP contribution in [0.2, 0.25) is 0 Å². The van der Waals surface area contributed by atoms with Crippen molar-refractivity contribution < 1.29 is 19.1 Å². The lowest BCUT2D eigenvalue weighted by Crippen LogP contribution is -2.55. The molecule has 1 aliphatic carbocycles. The standard InChI is InChI=1S/C17H20N2O4S/c20-15(10-23-12-6-2-1-3-7-12)18-13-8-4-5-9-14(13)19-16(21)11-24-17(19)22/h1-3,6-7,13-14H,4-5,8-11H2,(H,18,20)/t13-,14-/m1/s1. The van der Waals surface area contributed by atoms with Crippen molar-refractivity contribution in [1.82, 2.24) is 10.2 Å². The van der Waals surface area contributed by atoms with Gasteiger partial charge in [0.05, 0.1) is 11.8 Å². The van der Waals surface area contributed by atoms with E-state index in [0.29, 0.717) is 5.75 Å². The number of carbonyl (C=O) groups excluding carboxylic acids is 3. The van der Waals surface area contributed by atoms with Gasteiger partial charge in [-0.1, -0.05) is 42.8 Å². The van der Waals surface area contributed by atoms with Gasteiger partial charge >= 0.3 is 0 Å². The average Bonchev–Trinajstić information content (AvgIpc) is 2.93. The van der Waals surface area contributed by atoms with E-state index in [9.17, 15) is 14.4 Å². The van der Waals surface area contributed by atoms with Gasteiger partial charge in [0.2, 0.25) is 5.91 Å². The molecule has 1 saturated carbocycles. The maximum absolute atomic E-state index is 12.2. The molecule has 1 N–H and O–H groups in total. The fourth-order valence-electron chi connectivity index (χ4n) is 3.19. The lowest BCUT2D eigenvalue weighted by Gasteiger charge is -2.36. The topological polar surface area (TPSA) is 75.7 Å². The Bertz CT molecular complexity index is 606. The summed E-state index contributed by atoms with van der Waals surface area (Å²) in [5.41, 5.74) is 0. The van der Waals surface area contributed by atoms with E-state index in [2.05, 4.69) is 5.32 Å². The number of imide groups is 1. The predicted octanol–water partition coefficient (Wildman–Crippen LogP) is 2.19. The summed E-state index contributed by atoms with van der Waals surface area (Å²) in [5, 5.41) is 2.74. The first-order valence-electron chi connectivity index (χ1n) is 8.11. The zero-order valence-electron chi connectivity index (χ0n) is 13.3. The zero-order valence-corrected chi connectivity index (χ0v) is 14.1. The third-order valence-corrected chi connectivity index (χ3v) is 5.14. The fourth-order valence-corrected chi connectivity index (χ4v) is 3.95. The molecule has 6 nitrogen and oxygen atoms in total. The maximum atomic E-state index is 12.2. The van der Waals surface area contributed by atoms with E-state index >= 15 is 0 Å². The number of benzene rings is 1. The van der Waals surface area contributed by atoms with Gasteiger partial charge in [-0.15, -0.1) is 0 Å². The van der Waals surface area contributed by atoms with Gasteiger partial charge in [0.1, 0.15) is 5.75 Å². The van der Waals surface area contributed by atoms with Crippen molar-refractivity contribution in [2.75, 3.05) is 12.4 Å². The molecule has 1 aromatic carbocycles. The Kier molecular flexibility index (Phi) is 5.40. The summed E-state index contributed by atoms with van der Waals surface area (Å²) in [6.45, 7) is -0.0795. The van der Waals surface area contributed by atoms with Gasteiger partial charge in [-0.2, -0.15) is 0 Å². The lowest BCUT2D eigenvalue weighted by molar-refractivity contribution is -0.129. The predicted molar refractivity (Wildman–Crippen MR) is 90.8 cm³/mol. The van der Waals surface area contributed by atoms with Crippen molar-refractivity contribution in [3.8, 4) is 5.75 Å². The van der Waals surface area contributed by atoms with Gasteiger partial charge in [-0.3, -0.25) is 19.3 Å². The number of para-hydroxylation sites is 1. The number of rotatable bonds is 5. The molecular weight excluding hydrogens is 328 g/mol. The van der Waals surface area contributed by atoms with Crippen LogP contribution < -0.4 is 10.1 Å². The summed E-state index contributed by atoms with van der Waals surface area (Å²) in [6.07, 6.45) is 3.44. The van der Waals surface area contributed by atoms with Crippen LogP contribution >= 0.6 is 11.8 Å². The normalized spacial score (nSPS) is 24.1. The van der Waals surface area contributed by atoms with Gasteiger partial charge in [0.25, 0.3) is 11.1 Å². The summed E-state index contributed by atoms with van der Waals surface area (Å²) in [4.78, 5) is 37.4. The molecule has 7 heteroatoms. The molecule has 2 atom stereocenters. The van der Waals surface area contributed by atoms with Crippen LogP contribution in [-0.4, -0.2) is 46.4 Å². The molecule has 0 spiro atoms. The molecule has 0 aromatic heterocycles. The molecule has 128 valence electrons. The summed E-state index contributed by atoms with van der Waals surface area (Å²) in [5.74, 6) is 0.445. The monoisotopic (exact) mass is 348 g/mol. The van der Waals surface area contributed by atoms with Crippen molar-refractivity contribution in [3.63, 3.8) is 0 Å². The molecule has 1 saturated heterocycles. The van der Waals surface area contributed by atoms with Crippen LogP contribution in [0.5, 0.6) is 5.75 Å². The largest absolute Gasteiger partial charge is 0.484 e. The van der Waals surface area contributed by atoms with Crippen molar-refractivity contribution in [1.29, 1.82) is 0 Å². The van der Waals surface area contributed by atoms with E-state index in [1.54, 1.807) is 12.1 Å². The Morgan fingerprint density at radius 1 is 1.21 bits per heavy atom. The number of ether oxygens (including phenoxy) is 1. The van der Waals surface area contributed by atoms with E-state index in [1.807, 2.05) is 18.2 Å². The highest BCUT2D eigenvalue weighted by molar-refractivity contribution is 8.14. The molecule has 1 aromatic rings. The Balaban J connectivity index is 1.58. The smallest absolute Gasteiger partial charge is 0.289 e. The van der Waals surface area contributed by atoms with E-state index < -0.39 is 0 Å². The molecule has 1 heterocycles. The van der Waals surface area contributed by atoms with Gasteiger partial charge in [0.15, 0.2) is 6.61 Å². The van der Waals surface area contributed by atoms with E-state index in [4.69, 9.17) is 4.74 Å². The van der Waals surface area contributed by atoms with Crippen LogP contribution in [0, 0.1) is 0 Å². The number of nitrogens with zero attached hydrogens (tertiary/aromatic N) is 1. The van der Waals surface area contributed by atoms with Gasteiger partial charge in [-0.05, 0) is 25.0 Å². The van der Waals surface area contributed by atoms with Crippen molar-refractivity contribution in [3.05, 3.63) is 30.3 Å². The zero-order chi connectivity index (χ0) is 16.9. The first-order valence-corrected chi connectivity index (χ1v) is 9.10. The second kappa shape index (κ2) is 7.70. The minimum Gasteiger partial charge on any atom is -0.484 e. The number of carbonyl (C=O) groups is 3. The van der Waals surface area contributed by atoms with Gasteiger partial charge in [-0.25, -0.2) is 0 Å². The summed E-state index contributed by atoms with van der Waals surface area (Å²) in [6, 6.07) is 8.69. The highest BCUT2D eigenvalue weighted by Crippen LogP contribution is 2.30. The minimum absolute atomic E-state index is 0.0795. The minimum atomic E-state index is -0.241. The molecule has 0 bridgehead atoms. The molecule has 0 radical (unpaired) electrons. The number of nitrogens with one attached hydrogen (secondary N) is 1. The van der Waals surface area contributed by atoms with E-state index in [-0.39, 0.29) is 41.5 Å². The highest BCUT2D eigenvalue weighted by atomic mass is 32.2. The third-order valence-electron chi connectivity index (χ3n) is 4.31. The Morgan fingerprint density at radius 3 is 2.67 bits per heavy atom. The van der Waals surface area contributed by atoms with E-state index in [1.165, 1.54) is 4.90 Å². The molecule has 24 heavy (non-hydrogen) atoms. The second-order valence-electron chi connectivity index (χ2n) is 5.95. The molecule has 1 aliphatic heterocycles. The molecular formula is C17H20N2O4S. The SMILES string of the molecule is O=C(COc1ccccc1)N[C@@H]1CCCC[C@H]1N1C(=O)CSC1=O. The first kappa shape index (κ1) is 16.8. The van der Waals surface area contributed by atoms with Crippen LogP contribution in [0.3, 0.4) is 0 Å². The van der Waals surface area contributed by atoms with Crippen molar-refractivity contribution >= 4 is 28.8 Å². The summed E-state index contributed by atoms with van der Waals surface area (Å²) < 4.78 is 5.45. The maximum Gasteiger partial charge on any atom is 0.289 e. The van der Waals surface area contributed by atoms with Crippen LogP contribution in [0.4, 0.5) is 4.79 Å².